The molecule has 0 heteroatoms. The maximum atomic E-state index is 4.00. The maximum Gasteiger partial charge on any atom is 0.00621 e. The molecule has 0 amide bonds. The lowest BCUT2D eigenvalue weighted by Crippen LogP contribution is -2.07. The van der Waals surface area contributed by atoms with Crippen molar-refractivity contribution in [3.05, 3.63) is 304 Å². The van der Waals surface area contributed by atoms with Crippen LogP contribution in [0.4, 0.5) is 0 Å². The number of terminal acetylenes is 1. The Balaban J connectivity index is 0.000000296. The minimum absolute atomic E-state index is 0.394. The third kappa shape index (κ3) is 15.9. The molecule has 0 spiro atoms. The highest BCUT2D eigenvalue weighted by atomic mass is 14.3. The van der Waals surface area contributed by atoms with Crippen LogP contribution in [0.15, 0.2) is 265 Å². The van der Waals surface area contributed by atoms with Crippen molar-refractivity contribution in [2.24, 2.45) is 5.92 Å². The van der Waals surface area contributed by atoms with Gasteiger partial charge in [-0.3, -0.25) is 0 Å². The first-order valence-corrected chi connectivity index (χ1v) is 28.7. The van der Waals surface area contributed by atoms with E-state index in [1.54, 1.807) is 0 Å². The van der Waals surface area contributed by atoms with Gasteiger partial charge >= 0.3 is 0 Å². The standard InChI is InChI=1S/C46H44.C27H28.2C2H6.C2H2/c1-7-10-16-34(9-3)41-20-12-13-21-42(41)38-25-24-31(4)44(29-38)45-30-39(26-32(45)5)36-18-14-19-37(27-36)43-23-15-22-40-33(6)35(17-11-8-2)28-46(40)43;1-3-4-5-12-17-26(23-20-18-22(2)19-21-23)27(24-13-8-6-9-14-24)25-15-10-7-11-16-25;3*1-2/h7,9-25,27,29-30H,1,8,26,28H2,2-6H3;3-15,17-20,23H,16,21H2,1-2H3;2*1-2H3;1-2H/b16-10-,17-11-,34-9+;4-3+,12-5-,26-17+,27-25-;;;. The smallest absolute Gasteiger partial charge is 0.00621 e. The zero-order valence-corrected chi connectivity index (χ0v) is 49.4. The van der Waals surface area contributed by atoms with Gasteiger partial charge in [0.15, 0.2) is 0 Å². The topological polar surface area (TPSA) is 0 Å². The Bertz CT molecular complexity index is 3350. The van der Waals surface area contributed by atoms with E-state index in [2.05, 4.69) is 280 Å². The highest BCUT2D eigenvalue weighted by Crippen LogP contribution is 2.44. The fraction of sp³-hybridized carbons (Fsp3) is 0.215. The summed E-state index contributed by atoms with van der Waals surface area (Å²) < 4.78 is 0. The van der Waals surface area contributed by atoms with Crippen molar-refractivity contribution >= 4 is 27.9 Å². The van der Waals surface area contributed by atoms with E-state index in [9.17, 15) is 0 Å². The molecule has 0 aliphatic heterocycles. The Morgan fingerprint density at radius 3 is 2.09 bits per heavy atom. The van der Waals surface area contributed by atoms with Gasteiger partial charge in [0.05, 0.1) is 0 Å². The SMILES string of the molecule is C#C.C/C=C/C=C\C=C(\C(=C1\C=CC=CC1)c1ccccc1)C1C=CC(C)=CC1.C=C/C=C\C(=C/C)c1ccccc1-c1ccc(C)c(C2=C(C)CC(c3cccc(-c4cccc5c4CC(/C=C\CC)=C5C)c3)=C2)c1.CC.CC. The summed E-state index contributed by atoms with van der Waals surface area (Å²) in [5.41, 5.74) is 28.1. The molecule has 0 saturated heterocycles. The van der Waals surface area contributed by atoms with Gasteiger partial charge in [-0.2, -0.15) is 0 Å². The van der Waals surface area contributed by atoms with Crippen molar-refractivity contribution in [1.29, 1.82) is 0 Å². The molecule has 1 unspecified atom stereocenters. The monoisotopic (exact) mass is 1030 g/mol. The van der Waals surface area contributed by atoms with Crippen molar-refractivity contribution in [1.82, 2.24) is 0 Å². The molecule has 0 heterocycles. The lowest BCUT2D eigenvalue weighted by Gasteiger charge is -2.24. The second kappa shape index (κ2) is 32.5. The van der Waals surface area contributed by atoms with Crippen LogP contribution in [0.2, 0.25) is 0 Å². The highest BCUT2D eigenvalue weighted by molar-refractivity contribution is 5.95. The zero-order valence-electron chi connectivity index (χ0n) is 49.4. The van der Waals surface area contributed by atoms with Crippen LogP contribution in [-0.2, 0) is 6.42 Å². The third-order valence-corrected chi connectivity index (χ3v) is 14.5. The summed E-state index contributed by atoms with van der Waals surface area (Å²) in [6.45, 7) is 27.2. The van der Waals surface area contributed by atoms with Crippen molar-refractivity contribution < 1.29 is 0 Å². The van der Waals surface area contributed by atoms with E-state index in [0.717, 1.165) is 32.1 Å². The quantitative estimate of drug-likeness (QED) is 0.0768. The number of allylic oxidation sites excluding steroid dienone is 29. The summed E-state index contributed by atoms with van der Waals surface area (Å²) >= 11 is 0. The summed E-state index contributed by atoms with van der Waals surface area (Å²) in [4.78, 5) is 0. The second-order valence-corrected chi connectivity index (χ2v) is 19.4. The van der Waals surface area contributed by atoms with Crippen LogP contribution in [-0.4, -0.2) is 0 Å². The first-order valence-electron chi connectivity index (χ1n) is 28.7. The minimum Gasteiger partial charge on any atom is -0.124 e. The Morgan fingerprint density at radius 1 is 0.684 bits per heavy atom. The van der Waals surface area contributed by atoms with Crippen molar-refractivity contribution in [2.45, 2.75) is 108 Å². The van der Waals surface area contributed by atoms with E-state index in [1.807, 2.05) is 46.8 Å². The molecule has 0 N–H and O–H groups in total. The summed E-state index contributed by atoms with van der Waals surface area (Å²) in [5.74, 6) is 0.394. The molecule has 4 aliphatic carbocycles. The molecule has 5 aromatic rings. The number of hydrogen-bond donors (Lipinski definition) is 0. The summed E-state index contributed by atoms with van der Waals surface area (Å²) in [6, 6.07) is 42.4. The third-order valence-electron chi connectivity index (χ3n) is 14.5. The van der Waals surface area contributed by atoms with Crippen LogP contribution in [0.25, 0.3) is 50.1 Å². The summed E-state index contributed by atoms with van der Waals surface area (Å²) in [7, 11) is 0. The average Bonchev–Trinajstić information content (AvgIpc) is 4.17. The van der Waals surface area contributed by atoms with Gasteiger partial charge in [0.1, 0.15) is 0 Å². The minimum atomic E-state index is 0.394. The maximum absolute atomic E-state index is 4.00. The molecule has 0 fully saturated rings. The van der Waals surface area contributed by atoms with E-state index in [1.165, 1.54) is 117 Å². The van der Waals surface area contributed by atoms with E-state index in [-0.39, 0.29) is 0 Å². The molecule has 1 atom stereocenters. The van der Waals surface area contributed by atoms with Gasteiger partial charge < -0.3 is 0 Å². The normalized spacial score (nSPS) is 16.4. The van der Waals surface area contributed by atoms with Gasteiger partial charge in [-0.15, -0.1) is 12.8 Å². The van der Waals surface area contributed by atoms with Crippen LogP contribution in [0, 0.1) is 25.7 Å². The molecule has 0 saturated carbocycles. The number of fused-ring (bicyclic) bond motifs is 1. The molecule has 0 radical (unpaired) electrons. The molecule has 9 rings (SSSR count). The van der Waals surface area contributed by atoms with Crippen LogP contribution >= 0.6 is 0 Å². The Labute approximate surface area is 478 Å². The van der Waals surface area contributed by atoms with Gasteiger partial charge in [-0.25, -0.2) is 0 Å². The fourth-order valence-electron chi connectivity index (χ4n) is 10.6. The van der Waals surface area contributed by atoms with Gasteiger partial charge in [0.25, 0.3) is 0 Å². The van der Waals surface area contributed by atoms with Gasteiger partial charge in [0, 0.05) is 5.92 Å². The molecule has 79 heavy (non-hydrogen) atoms. The average molecular weight is 1040 g/mol. The van der Waals surface area contributed by atoms with E-state index < -0.39 is 0 Å². The Morgan fingerprint density at radius 2 is 1.39 bits per heavy atom. The molecule has 402 valence electrons. The van der Waals surface area contributed by atoms with Crippen LogP contribution in [0.5, 0.6) is 0 Å². The lowest BCUT2D eigenvalue weighted by atomic mass is 9.80. The van der Waals surface area contributed by atoms with E-state index in [4.69, 9.17) is 0 Å². The number of rotatable bonds is 14. The number of hydrogen-bond acceptors (Lipinski definition) is 0. The van der Waals surface area contributed by atoms with Crippen molar-refractivity contribution in [3.8, 4) is 35.1 Å². The first kappa shape index (κ1) is 61.6. The molecule has 0 bridgehead atoms. The van der Waals surface area contributed by atoms with Crippen LogP contribution < -0.4 is 0 Å². The molecule has 4 aliphatic rings. The molecule has 0 nitrogen and oxygen atoms in total. The largest absolute Gasteiger partial charge is 0.124 e. The second-order valence-electron chi connectivity index (χ2n) is 19.4. The van der Waals surface area contributed by atoms with Gasteiger partial charge in [-0.05, 0) is 192 Å². The van der Waals surface area contributed by atoms with E-state index >= 15 is 0 Å². The predicted molar refractivity (Wildman–Crippen MR) is 354 cm³/mol. The molecule has 5 aromatic carbocycles. The first-order chi connectivity index (χ1) is 38.7. The summed E-state index contributed by atoms with van der Waals surface area (Å²) in [6.07, 6.45) is 54.7. The number of benzene rings is 5. The van der Waals surface area contributed by atoms with Crippen molar-refractivity contribution in [2.75, 3.05) is 0 Å². The van der Waals surface area contributed by atoms with E-state index in [0.29, 0.717) is 5.92 Å². The van der Waals surface area contributed by atoms with Crippen LogP contribution in [0.3, 0.4) is 0 Å². The Kier molecular flexibility index (Phi) is 25.3. The van der Waals surface area contributed by atoms with Gasteiger partial charge in [-0.1, -0.05) is 271 Å². The number of aryl methyl sites for hydroxylation is 1. The lowest BCUT2D eigenvalue weighted by molar-refractivity contribution is 0.783. The highest BCUT2D eigenvalue weighted by Gasteiger charge is 2.23. The van der Waals surface area contributed by atoms with Crippen molar-refractivity contribution in [3.63, 3.8) is 0 Å². The summed E-state index contributed by atoms with van der Waals surface area (Å²) in [5, 5.41) is 0. The molecular formula is C79H86. The zero-order chi connectivity index (χ0) is 57.1. The van der Waals surface area contributed by atoms with Crippen LogP contribution in [0.1, 0.15) is 134 Å². The molecular weight excluding hydrogens is 949 g/mol. The molecule has 0 aromatic heterocycles. The fourth-order valence-corrected chi connectivity index (χ4v) is 10.6. The van der Waals surface area contributed by atoms with Gasteiger partial charge in [0.2, 0.25) is 0 Å². The Hall–Kier alpha value is -8.24. The predicted octanol–water partition coefficient (Wildman–Crippen LogP) is 22.9.